The minimum Gasteiger partial charge on any atom is -0.334 e. The van der Waals surface area contributed by atoms with Crippen molar-refractivity contribution in [3.8, 4) is 0 Å². The van der Waals surface area contributed by atoms with Crippen LogP contribution in [0.2, 0.25) is 0 Å². The van der Waals surface area contributed by atoms with Gasteiger partial charge in [0.05, 0.1) is 0 Å². The lowest BCUT2D eigenvalue weighted by Crippen LogP contribution is -2.53. The maximum Gasteiger partial charge on any atom is 0.317 e. The normalized spacial score (nSPS) is 28.1. The third-order valence-corrected chi connectivity index (χ3v) is 3.78. The average molecular weight is 240 g/mol. The molecule has 0 aromatic rings. The second-order valence-corrected chi connectivity index (χ2v) is 5.38. The Balaban J connectivity index is 1.76. The molecule has 2 aliphatic heterocycles. The standard InChI is InChI=1S/C12H24N4O/c1-15-6-2-3-11(9-15)14-12(17)16-7-4-10(13)5-8-16/h10-11H,2-9,13H2,1H3,(H,14,17). The van der Waals surface area contributed by atoms with Crippen molar-refractivity contribution in [3.63, 3.8) is 0 Å². The van der Waals surface area contributed by atoms with Gasteiger partial charge in [0.2, 0.25) is 0 Å². The molecule has 2 aliphatic rings. The highest BCUT2D eigenvalue weighted by atomic mass is 16.2. The highest BCUT2D eigenvalue weighted by Gasteiger charge is 2.24. The Labute approximate surface area is 103 Å². The van der Waals surface area contributed by atoms with Crippen LogP contribution >= 0.6 is 0 Å². The molecule has 2 heterocycles. The summed E-state index contributed by atoms with van der Waals surface area (Å²) in [6.07, 6.45) is 4.13. The lowest BCUT2D eigenvalue weighted by molar-refractivity contribution is 0.166. The van der Waals surface area contributed by atoms with Crippen molar-refractivity contribution in [2.75, 3.05) is 33.2 Å². The van der Waals surface area contributed by atoms with E-state index < -0.39 is 0 Å². The number of carbonyl (C=O) groups is 1. The Morgan fingerprint density at radius 1 is 1.24 bits per heavy atom. The van der Waals surface area contributed by atoms with Crippen molar-refractivity contribution in [2.45, 2.75) is 37.8 Å². The fraction of sp³-hybridized carbons (Fsp3) is 0.917. The summed E-state index contributed by atoms with van der Waals surface area (Å²) in [4.78, 5) is 16.2. The van der Waals surface area contributed by atoms with Gasteiger partial charge < -0.3 is 20.9 Å². The Bertz CT molecular complexity index is 263. The number of nitrogens with two attached hydrogens (primary N) is 1. The number of amides is 2. The van der Waals surface area contributed by atoms with Crippen LogP contribution in [0, 0.1) is 0 Å². The molecule has 0 spiro atoms. The zero-order valence-electron chi connectivity index (χ0n) is 10.7. The monoisotopic (exact) mass is 240 g/mol. The molecular weight excluding hydrogens is 216 g/mol. The molecule has 98 valence electrons. The van der Waals surface area contributed by atoms with E-state index in [9.17, 15) is 4.79 Å². The van der Waals surface area contributed by atoms with E-state index >= 15 is 0 Å². The van der Waals surface area contributed by atoms with Crippen LogP contribution in [0.4, 0.5) is 4.79 Å². The van der Waals surface area contributed by atoms with E-state index in [1.165, 1.54) is 6.42 Å². The maximum atomic E-state index is 12.0. The lowest BCUT2D eigenvalue weighted by atomic mass is 10.1. The van der Waals surface area contributed by atoms with Gasteiger partial charge in [0.1, 0.15) is 0 Å². The van der Waals surface area contributed by atoms with Gasteiger partial charge in [-0.15, -0.1) is 0 Å². The van der Waals surface area contributed by atoms with E-state index in [0.717, 1.165) is 45.4 Å². The van der Waals surface area contributed by atoms with Crippen LogP contribution in [0.25, 0.3) is 0 Å². The molecule has 17 heavy (non-hydrogen) atoms. The number of piperidine rings is 2. The number of nitrogens with one attached hydrogen (secondary N) is 1. The largest absolute Gasteiger partial charge is 0.334 e. The van der Waals surface area contributed by atoms with E-state index in [-0.39, 0.29) is 12.1 Å². The zero-order chi connectivity index (χ0) is 12.3. The summed E-state index contributed by atoms with van der Waals surface area (Å²) in [5.41, 5.74) is 5.83. The van der Waals surface area contributed by atoms with Crippen molar-refractivity contribution in [3.05, 3.63) is 0 Å². The molecule has 2 saturated heterocycles. The van der Waals surface area contributed by atoms with Gasteiger partial charge >= 0.3 is 6.03 Å². The van der Waals surface area contributed by atoms with Crippen LogP contribution in [0.3, 0.4) is 0 Å². The smallest absolute Gasteiger partial charge is 0.317 e. The van der Waals surface area contributed by atoms with E-state index in [2.05, 4.69) is 17.3 Å². The second kappa shape index (κ2) is 5.69. The van der Waals surface area contributed by atoms with Gasteiger partial charge in [-0.05, 0) is 39.3 Å². The molecule has 0 aromatic carbocycles. The van der Waals surface area contributed by atoms with E-state index in [0.29, 0.717) is 6.04 Å². The fourth-order valence-corrected chi connectivity index (χ4v) is 2.65. The summed E-state index contributed by atoms with van der Waals surface area (Å²) >= 11 is 0. The molecule has 5 nitrogen and oxygen atoms in total. The Hall–Kier alpha value is -0.810. The van der Waals surface area contributed by atoms with Crippen LogP contribution in [0.5, 0.6) is 0 Å². The summed E-state index contributed by atoms with van der Waals surface area (Å²) in [7, 11) is 2.11. The molecule has 2 fully saturated rings. The van der Waals surface area contributed by atoms with Gasteiger partial charge in [0, 0.05) is 31.7 Å². The molecular formula is C12H24N4O. The summed E-state index contributed by atoms with van der Waals surface area (Å²) in [6, 6.07) is 0.689. The Kier molecular flexibility index (Phi) is 4.23. The Morgan fingerprint density at radius 2 is 1.94 bits per heavy atom. The number of nitrogens with zero attached hydrogens (tertiary/aromatic N) is 2. The third-order valence-electron chi connectivity index (χ3n) is 3.78. The number of likely N-dealkylation sites (N-methyl/N-ethyl adjacent to an activating group) is 1. The van der Waals surface area contributed by atoms with E-state index in [1.54, 1.807) is 0 Å². The number of rotatable bonds is 1. The van der Waals surface area contributed by atoms with Gasteiger partial charge in [-0.1, -0.05) is 0 Å². The summed E-state index contributed by atoms with van der Waals surface area (Å²) in [6.45, 7) is 3.72. The number of hydrogen-bond acceptors (Lipinski definition) is 3. The van der Waals surface area contributed by atoms with Crippen LogP contribution in [0.1, 0.15) is 25.7 Å². The van der Waals surface area contributed by atoms with Crippen LogP contribution in [0.15, 0.2) is 0 Å². The van der Waals surface area contributed by atoms with Gasteiger partial charge in [0.15, 0.2) is 0 Å². The summed E-state index contributed by atoms with van der Waals surface area (Å²) < 4.78 is 0. The first-order valence-electron chi connectivity index (χ1n) is 6.64. The van der Waals surface area contributed by atoms with Crippen molar-refractivity contribution >= 4 is 6.03 Å². The SMILES string of the molecule is CN1CCCC(NC(=O)N2CCC(N)CC2)C1. The number of hydrogen-bond donors (Lipinski definition) is 2. The first-order chi connectivity index (χ1) is 8.15. The molecule has 0 bridgehead atoms. The predicted octanol–water partition coefficient (Wildman–Crippen LogP) is 0.213. The van der Waals surface area contributed by atoms with Crippen molar-refractivity contribution in [1.29, 1.82) is 0 Å². The van der Waals surface area contributed by atoms with Gasteiger partial charge in [0.25, 0.3) is 0 Å². The molecule has 5 heteroatoms. The quantitative estimate of drug-likeness (QED) is 0.689. The maximum absolute atomic E-state index is 12.0. The lowest BCUT2D eigenvalue weighted by Gasteiger charge is -2.34. The molecule has 0 aliphatic carbocycles. The van der Waals surface area contributed by atoms with Crippen LogP contribution in [-0.2, 0) is 0 Å². The average Bonchev–Trinajstić information content (AvgIpc) is 2.29. The number of carbonyl (C=O) groups excluding carboxylic acids is 1. The Morgan fingerprint density at radius 3 is 2.59 bits per heavy atom. The molecule has 1 unspecified atom stereocenters. The molecule has 2 amide bonds. The predicted molar refractivity (Wildman–Crippen MR) is 67.8 cm³/mol. The fourth-order valence-electron chi connectivity index (χ4n) is 2.65. The summed E-state index contributed by atoms with van der Waals surface area (Å²) in [5.74, 6) is 0. The zero-order valence-corrected chi connectivity index (χ0v) is 10.7. The first-order valence-corrected chi connectivity index (χ1v) is 6.64. The van der Waals surface area contributed by atoms with Crippen molar-refractivity contribution < 1.29 is 4.79 Å². The van der Waals surface area contributed by atoms with Gasteiger partial charge in [-0.2, -0.15) is 0 Å². The highest BCUT2D eigenvalue weighted by molar-refractivity contribution is 5.74. The van der Waals surface area contributed by atoms with Gasteiger partial charge in [-0.3, -0.25) is 0 Å². The van der Waals surface area contributed by atoms with Crippen molar-refractivity contribution in [2.24, 2.45) is 5.73 Å². The number of urea groups is 1. The topological polar surface area (TPSA) is 61.6 Å². The van der Waals surface area contributed by atoms with Crippen molar-refractivity contribution in [1.82, 2.24) is 15.1 Å². The second-order valence-electron chi connectivity index (χ2n) is 5.38. The number of likely N-dealkylation sites (tertiary alicyclic amines) is 2. The molecule has 1 atom stereocenters. The molecule has 0 radical (unpaired) electrons. The molecule has 2 rings (SSSR count). The highest BCUT2D eigenvalue weighted by Crippen LogP contribution is 2.11. The van der Waals surface area contributed by atoms with E-state index in [4.69, 9.17) is 5.73 Å². The minimum absolute atomic E-state index is 0.0946. The molecule has 0 saturated carbocycles. The van der Waals surface area contributed by atoms with Crippen LogP contribution < -0.4 is 11.1 Å². The molecule has 0 aromatic heterocycles. The third kappa shape index (κ3) is 3.57. The van der Waals surface area contributed by atoms with E-state index in [1.807, 2.05) is 4.90 Å². The first kappa shape index (κ1) is 12.6. The minimum atomic E-state index is 0.0946. The van der Waals surface area contributed by atoms with Crippen LogP contribution in [-0.4, -0.2) is 61.1 Å². The summed E-state index contributed by atoms with van der Waals surface area (Å²) in [5, 5.41) is 3.14. The van der Waals surface area contributed by atoms with Gasteiger partial charge in [-0.25, -0.2) is 4.79 Å². The molecule has 3 N–H and O–H groups in total.